The predicted octanol–water partition coefficient (Wildman–Crippen LogP) is 2.76. The molecule has 0 unspecified atom stereocenters. The lowest BCUT2D eigenvalue weighted by Crippen LogP contribution is -2.32. The number of nitrogens with zero attached hydrogens (tertiary/aromatic N) is 2. The number of benzene rings is 2. The highest BCUT2D eigenvalue weighted by molar-refractivity contribution is 7.90. The van der Waals surface area contributed by atoms with Gasteiger partial charge in [-0.1, -0.05) is 23.4 Å². The number of carboxylic acids is 1. The number of hydrogen-bond donors (Lipinski definition) is 3. The maximum absolute atomic E-state index is 12.1. The van der Waals surface area contributed by atoms with E-state index in [1.165, 1.54) is 0 Å². The molecule has 3 aromatic rings. The molecule has 0 spiro atoms. The number of sulfonamides is 1. The van der Waals surface area contributed by atoms with Gasteiger partial charge in [-0.25, -0.2) is 13.1 Å². The lowest BCUT2D eigenvalue weighted by molar-refractivity contribution is -0.134. The van der Waals surface area contributed by atoms with Crippen molar-refractivity contribution in [2.75, 3.05) is 11.5 Å². The Balaban J connectivity index is 1.60. The molecule has 33 heavy (non-hydrogen) atoms. The van der Waals surface area contributed by atoms with Crippen molar-refractivity contribution in [2.24, 2.45) is 0 Å². The molecule has 11 heteroatoms. The van der Waals surface area contributed by atoms with Crippen LogP contribution in [0, 0.1) is 0 Å². The number of nitrogen functional groups attached to an aromatic ring is 1. The van der Waals surface area contributed by atoms with Crippen LogP contribution in [0.2, 0.25) is 0 Å². The van der Waals surface area contributed by atoms with Gasteiger partial charge in [0.2, 0.25) is 15.8 Å². The molecule has 4 rings (SSSR count). The summed E-state index contributed by atoms with van der Waals surface area (Å²) in [6, 6.07) is 10.2. The van der Waals surface area contributed by atoms with E-state index in [0.29, 0.717) is 41.6 Å². The number of aromatic nitrogens is 2. The molecule has 1 aliphatic rings. The van der Waals surface area contributed by atoms with Crippen LogP contribution in [0.3, 0.4) is 0 Å². The molecule has 0 radical (unpaired) electrons. The molecule has 0 saturated carbocycles. The van der Waals surface area contributed by atoms with Crippen molar-refractivity contribution >= 4 is 21.7 Å². The van der Waals surface area contributed by atoms with Crippen LogP contribution in [-0.4, -0.2) is 41.5 Å². The number of aliphatic carboxylic acids is 1. The fourth-order valence-electron chi connectivity index (χ4n) is 3.90. The minimum atomic E-state index is -3.95. The van der Waals surface area contributed by atoms with Crippen LogP contribution < -0.4 is 15.2 Å². The second-order valence-electron chi connectivity index (χ2n) is 8.08. The Hall–Kier alpha value is -3.44. The summed E-state index contributed by atoms with van der Waals surface area (Å²) in [7, 11) is -3.95. The average Bonchev–Trinajstić information content (AvgIpc) is 3.36. The summed E-state index contributed by atoms with van der Waals surface area (Å²) in [5.41, 5.74) is 9.59. The number of rotatable bonds is 8. The third kappa shape index (κ3) is 4.99. The number of carbonyl (C=O) groups is 1. The molecular weight excluding hydrogens is 448 g/mol. The highest BCUT2D eigenvalue weighted by Gasteiger charge is 2.30. The second-order valence-corrected chi connectivity index (χ2v) is 9.83. The van der Waals surface area contributed by atoms with Gasteiger partial charge in [-0.15, -0.1) is 0 Å². The van der Waals surface area contributed by atoms with Crippen LogP contribution in [-0.2, 0) is 21.2 Å². The molecule has 0 amide bonds. The van der Waals surface area contributed by atoms with Crippen LogP contribution in [0.4, 0.5) is 5.69 Å². The molecule has 0 saturated heterocycles. The SMILES string of the molecule is CC(C)Oc1ccc(-c2nc(-c3cccc4c3CC[C@@H]4NS(=O)(=O)CC(=O)O)no2)cc1N. The van der Waals surface area contributed by atoms with Gasteiger partial charge in [-0.2, -0.15) is 4.98 Å². The summed E-state index contributed by atoms with van der Waals surface area (Å²) in [4.78, 5) is 15.3. The Morgan fingerprint density at radius 3 is 2.82 bits per heavy atom. The van der Waals surface area contributed by atoms with Crippen molar-refractivity contribution in [1.82, 2.24) is 14.9 Å². The second kappa shape index (κ2) is 8.83. The van der Waals surface area contributed by atoms with Crippen molar-refractivity contribution in [3.63, 3.8) is 0 Å². The Morgan fingerprint density at radius 2 is 2.12 bits per heavy atom. The first-order valence-electron chi connectivity index (χ1n) is 10.4. The van der Waals surface area contributed by atoms with Gasteiger partial charge in [0.25, 0.3) is 5.89 Å². The molecule has 0 fully saturated rings. The number of ether oxygens (including phenoxy) is 1. The van der Waals surface area contributed by atoms with Crippen LogP contribution in [0.15, 0.2) is 40.9 Å². The Kier molecular flexibility index (Phi) is 6.09. The van der Waals surface area contributed by atoms with Crippen LogP contribution in [0.5, 0.6) is 5.75 Å². The van der Waals surface area contributed by atoms with Crippen LogP contribution in [0.1, 0.15) is 37.4 Å². The molecule has 174 valence electrons. The number of anilines is 1. The lowest BCUT2D eigenvalue weighted by atomic mass is 10.0. The van der Waals surface area contributed by atoms with E-state index in [1.807, 2.05) is 26.0 Å². The van der Waals surface area contributed by atoms with E-state index in [0.717, 1.165) is 16.7 Å². The molecule has 0 aliphatic heterocycles. The minimum Gasteiger partial charge on any atom is -0.489 e. The lowest BCUT2D eigenvalue weighted by Gasteiger charge is -2.14. The fraction of sp³-hybridized carbons (Fsp3) is 0.318. The quantitative estimate of drug-likeness (QED) is 0.419. The molecule has 1 atom stereocenters. The average molecular weight is 473 g/mol. The van der Waals surface area contributed by atoms with Gasteiger partial charge in [0.15, 0.2) is 5.75 Å². The summed E-state index contributed by atoms with van der Waals surface area (Å²) in [6.07, 6.45) is 1.08. The smallest absolute Gasteiger partial charge is 0.320 e. The molecule has 1 heterocycles. The Morgan fingerprint density at radius 1 is 1.33 bits per heavy atom. The summed E-state index contributed by atoms with van der Waals surface area (Å²) < 4.78 is 37.8. The standard InChI is InChI=1S/C22H24N4O6S/c1-12(2)31-19-9-6-13(10-17(19)23)22-24-21(25-32-22)16-5-3-4-15-14(16)7-8-18(15)26-33(29,30)11-20(27)28/h3-6,9-10,12,18,26H,7-8,11,23H2,1-2H3,(H,27,28)/t18-/m0/s1. The number of hydrogen-bond acceptors (Lipinski definition) is 8. The van der Waals surface area contributed by atoms with E-state index >= 15 is 0 Å². The van der Waals surface area contributed by atoms with E-state index in [4.69, 9.17) is 20.1 Å². The fourth-order valence-corrected chi connectivity index (χ4v) is 4.99. The zero-order valence-corrected chi connectivity index (χ0v) is 18.9. The van der Waals surface area contributed by atoms with Crippen molar-refractivity contribution in [3.8, 4) is 28.6 Å². The van der Waals surface area contributed by atoms with E-state index < -0.39 is 27.8 Å². The third-order valence-electron chi connectivity index (χ3n) is 5.19. The van der Waals surface area contributed by atoms with Gasteiger partial charge in [0.05, 0.1) is 11.8 Å². The molecule has 0 bridgehead atoms. The molecule has 4 N–H and O–H groups in total. The maximum atomic E-state index is 12.1. The van der Waals surface area contributed by atoms with Gasteiger partial charge in [-0.3, -0.25) is 4.79 Å². The topological polar surface area (TPSA) is 158 Å². The van der Waals surface area contributed by atoms with Gasteiger partial charge < -0.3 is 20.1 Å². The molecule has 2 aromatic carbocycles. The van der Waals surface area contributed by atoms with Gasteiger partial charge >= 0.3 is 5.97 Å². The van der Waals surface area contributed by atoms with Crippen LogP contribution >= 0.6 is 0 Å². The van der Waals surface area contributed by atoms with Gasteiger partial charge in [0, 0.05) is 17.2 Å². The Labute approximate surface area is 190 Å². The summed E-state index contributed by atoms with van der Waals surface area (Å²) >= 11 is 0. The van der Waals surface area contributed by atoms with Crippen molar-refractivity contribution in [1.29, 1.82) is 0 Å². The van der Waals surface area contributed by atoms with Crippen molar-refractivity contribution in [3.05, 3.63) is 47.5 Å². The van der Waals surface area contributed by atoms with Gasteiger partial charge in [0.1, 0.15) is 5.75 Å². The number of nitrogens with one attached hydrogen (secondary N) is 1. The van der Waals surface area contributed by atoms with E-state index in [2.05, 4.69) is 14.9 Å². The van der Waals surface area contributed by atoms with Crippen molar-refractivity contribution in [2.45, 2.75) is 38.8 Å². The molecular formula is C22H24N4O6S. The first kappa shape index (κ1) is 22.7. The van der Waals surface area contributed by atoms with E-state index in [1.54, 1.807) is 24.3 Å². The van der Waals surface area contributed by atoms with E-state index in [9.17, 15) is 13.2 Å². The first-order valence-corrected chi connectivity index (χ1v) is 12.0. The van der Waals surface area contributed by atoms with E-state index in [-0.39, 0.29) is 6.10 Å². The monoisotopic (exact) mass is 472 g/mol. The summed E-state index contributed by atoms with van der Waals surface area (Å²) in [6.45, 7) is 3.83. The number of fused-ring (bicyclic) bond motifs is 1. The molecule has 1 aliphatic carbocycles. The minimum absolute atomic E-state index is 0.00855. The zero-order chi connectivity index (χ0) is 23.8. The predicted molar refractivity (Wildman–Crippen MR) is 121 cm³/mol. The normalized spacial score (nSPS) is 15.5. The van der Waals surface area contributed by atoms with Crippen molar-refractivity contribution < 1.29 is 27.6 Å². The number of nitrogens with two attached hydrogens (primary N) is 1. The van der Waals surface area contributed by atoms with Crippen LogP contribution in [0.25, 0.3) is 22.8 Å². The highest BCUT2D eigenvalue weighted by atomic mass is 32.2. The number of carboxylic acid groups (broad SMARTS) is 1. The summed E-state index contributed by atoms with van der Waals surface area (Å²) in [5.74, 6) is -1.14. The van der Waals surface area contributed by atoms with Gasteiger partial charge in [-0.05, 0) is 56.0 Å². The molecule has 1 aromatic heterocycles. The zero-order valence-electron chi connectivity index (χ0n) is 18.1. The largest absolute Gasteiger partial charge is 0.489 e. The summed E-state index contributed by atoms with van der Waals surface area (Å²) in [5, 5.41) is 12.9. The highest BCUT2D eigenvalue weighted by Crippen LogP contribution is 2.38. The first-order chi connectivity index (χ1) is 15.6. The molecule has 10 nitrogen and oxygen atoms in total. The third-order valence-corrected chi connectivity index (χ3v) is 6.46. The Bertz CT molecular complexity index is 1300. The maximum Gasteiger partial charge on any atom is 0.320 e.